The zero-order valence-corrected chi connectivity index (χ0v) is 11.7. The van der Waals surface area contributed by atoms with E-state index >= 15 is 0 Å². The van der Waals surface area contributed by atoms with Crippen molar-refractivity contribution in [3.8, 4) is 0 Å². The topological polar surface area (TPSA) is 38.0 Å². The molecule has 0 unspecified atom stereocenters. The average Bonchev–Trinajstić information content (AvgIpc) is 2.41. The highest BCUT2D eigenvalue weighted by molar-refractivity contribution is 5.65. The molecule has 0 radical (unpaired) electrons. The van der Waals surface area contributed by atoms with Crippen LogP contribution in [-0.2, 0) is 6.42 Å². The molecule has 0 fully saturated rings. The van der Waals surface area contributed by atoms with Crippen molar-refractivity contribution < 1.29 is 0 Å². The number of nitrogen functional groups attached to an aromatic ring is 1. The van der Waals surface area contributed by atoms with Crippen LogP contribution in [0.15, 0.2) is 42.5 Å². The second kappa shape index (κ2) is 6.28. The van der Waals surface area contributed by atoms with Crippen molar-refractivity contribution in [3.05, 3.63) is 53.6 Å². The monoisotopic (exact) mass is 254 g/mol. The van der Waals surface area contributed by atoms with Gasteiger partial charge in [-0.15, -0.1) is 0 Å². The minimum absolute atomic E-state index is 0.804. The molecular formula is C17H22N2. The van der Waals surface area contributed by atoms with Crippen molar-refractivity contribution in [3.63, 3.8) is 0 Å². The summed E-state index contributed by atoms with van der Waals surface area (Å²) < 4.78 is 0. The molecule has 0 atom stereocenters. The fraction of sp³-hybridized carbons (Fsp3) is 0.294. The minimum Gasteiger partial charge on any atom is -0.399 e. The van der Waals surface area contributed by atoms with Crippen molar-refractivity contribution in [2.24, 2.45) is 0 Å². The molecule has 0 saturated heterocycles. The van der Waals surface area contributed by atoms with E-state index in [2.05, 4.69) is 43.4 Å². The molecule has 3 N–H and O–H groups in total. The summed E-state index contributed by atoms with van der Waals surface area (Å²) in [5.41, 5.74) is 11.4. The van der Waals surface area contributed by atoms with Gasteiger partial charge in [-0.1, -0.05) is 25.5 Å². The maximum Gasteiger partial charge on any atom is 0.0415 e. The normalized spacial score (nSPS) is 10.4. The predicted octanol–water partition coefficient (Wildman–Crippen LogP) is 4.66. The molecule has 0 aliphatic heterocycles. The maximum atomic E-state index is 5.76. The maximum absolute atomic E-state index is 5.76. The van der Waals surface area contributed by atoms with Gasteiger partial charge in [0.05, 0.1) is 0 Å². The largest absolute Gasteiger partial charge is 0.399 e. The van der Waals surface area contributed by atoms with Gasteiger partial charge in [0.2, 0.25) is 0 Å². The van der Waals surface area contributed by atoms with E-state index in [0.717, 1.165) is 29.0 Å². The first-order chi connectivity index (χ1) is 9.19. The molecule has 0 amide bonds. The van der Waals surface area contributed by atoms with Crippen LogP contribution in [0.25, 0.3) is 0 Å². The average molecular weight is 254 g/mol. The molecule has 0 saturated carbocycles. The van der Waals surface area contributed by atoms with E-state index in [9.17, 15) is 0 Å². The molecule has 2 heteroatoms. The third kappa shape index (κ3) is 3.75. The van der Waals surface area contributed by atoms with Gasteiger partial charge in [0.15, 0.2) is 0 Å². The Morgan fingerprint density at radius 1 is 1.05 bits per heavy atom. The summed E-state index contributed by atoms with van der Waals surface area (Å²) in [6, 6.07) is 14.6. The fourth-order valence-corrected chi connectivity index (χ4v) is 2.12. The summed E-state index contributed by atoms with van der Waals surface area (Å²) in [7, 11) is 0. The van der Waals surface area contributed by atoms with Crippen molar-refractivity contribution in [2.75, 3.05) is 11.1 Å². The highest BCUT2D eigenvalue weighted by atomic mass is 14.9. The Labute approximate surface area is 115 Å². The van der Waals surface area contributed by atoms with Crippen LogP contribution in [0.2, 0.25) is 0 Å². The number of hydrogen-bond donors (Lipinski definition) is 2. The first-order valence-corrected chi connectivity index (χ1v) is 6.91. The molecule has 0 bridgehead atoms. The Balaban J connectivity index is 2.06. The quantitative estimate of drug-likeness (QED) is 0.761. The molecule has 0 spiro atoms. The van der Waals surface area contributed by atoms with Gasteiger partial charge in [0.25, 0.3) is 0 Å². The van der Waals surface area contributed by atoms with Gasteiger partial charge >= 0.3 is 0 Å². The number of nitrogens with one attached hydrogen (secondary N) is 1. The molecule has 100 valence electrons. The molecule has 2 aromatic carbocycles. The van der Waals surface area contributed by atoms with Crippen LogP contribution in [0.4, 0.5) is 17.1 Å². The highest BCUT2D eigenvalue weighted by Crippen LogP contribution is 2.22. The molecule has 0 heterocycles. The second-order valence-electron chi connectivity index (χ2n) is 5.00. The zero-order chi connectivity index (χ0) is 13.7. The van der Waals surface area contributed by atoms with Crippen molar-refractivity contribution in [2.45, 2.75) is 33.1 Å². The first-order valence-electron chi connectivity index (χ1n) is 6.91. The fourth-order valence-electron chi connectivity index (χ4n) is 2.12. The number of rotatable bonds is 5. The lowest BCUT2D eigenvalue weighted by Crippen LogP contribution is -1.95. The Bertz CT molecular complexity index is 529. The Morgan fingerprint density at radius 3 is 2.42 bits per heavy atom. The third-order valence-corrected chi connectivity index (χ3v) is 3.30. The molecule has 2 nitrogen and oxygen atoms in total. The third-order valence-electron chi connectivity index (χ3n) is 3.30. The van der Waals surface area contributed by atoms with Gasteiger partial charge in [-0.2, -0.15) is 0 Å². The number of unbranched alkanes of at least 4 members (excludes halogenated alkanes) is 1. The van der Waals surface area contributed by atoms with Crippen molar-refractivity contribution in [1.29, 1.82) is 0 Å². The van der Waals surface area contributed by atoms with Gasteiger partial charge in [0.1, 0.15) is 0 Å². The van der Waals surface area contributed by atoms with Gasteiger partial charge < -0.3 is 11.1 Å². The lowest BCUT2D eigenvalue weighted by molar-refractivity contribution is 0.795. The Morgan fingerprint density at radius 2 is 1.79 bits per heavy atom. The predicted molar refractivity (Wildman–Crippen MR) is 83.9 cm³/mol. The Hall–Kier alpha value is -1.96. The van der Waals surface area contributed by atoms with E-state index in [1.807, 2.05) is 18.2 Å². The SMILES string of the molecule is CCCCc1ccc(Nc2ccc(N)cc2C)cc1. The van der Waals surface area contributed by atoms with E-state index in [1.54, 1.807) is 0 Å². The molecular weight excluding hydrogens is 232 g/mol. The lowest BCUT2D eigenvalue weighted by atomic mass is 10.1. The summed E-state index contributed by atoms with van der Waals surface area (Å²) in [6.45, 7) is 4.29. The van der Waals surface area contributed by atoms with Crippen LogP contribution < -0.4 is 11.1 Å². The van der Waals surface area contributed by atoms with Crippen LogP contribution in [0, 0.1) is 6.92 Å². The number of anilines is 3. The summed E-state index contributed by atoms with van der Waals surface area (Å²) >= 11 is 0. The molecule has 0 aliphatic rings. The lowest BCUT2D eigenvalue weighted by Gasteiger charge is -2.11. The molecule has 0 aliphatic carbocycles. The summed E-state index contributed by atoms with van der Waals surface area (Å²) in [6.07, 6.45) is 3.66. The van der Waals surface area contributed by atoms with Crippen LogP contribution in [0.5, 0.6) is 0 Å². The Kier molecular flexibility index (Phi) is 4.45. The molecule has 19 heavy (non-hydrogen) atoms. The van der Waals surface area contributed by atoms with Crippen molar-refractivity contribution >= 4 is 17.1 Å². The summed E-state index contributed by atoms with van der Waals surface area (Å²) in [5.74, 6) is 0. The van der Waals surface area contributed by atoms with E-state index < -0.39 is 0 Å². The molecule has 2 rings (SSSR count). The van der Waals surface area contributed by atoms with Crippen LogP contribution in [0.3, 0.4) is 0 Å². The number of aryl methyl sites for hydroxylation is 2. The highest BCUT2D eigenvalue weighted by Gasteiger charge is 2.00. The van der Waals surface area contributed by atoms with Crippen LogP contribution in [0.1, 0.15) is 30.9 Å². The standard InChI is InChI=1S/C17H22N2/c1-3-4-5-14-6-9-16(10-7-14)19-17-11-8-15(18)12-13(17)2/h6-12,19H,3-5,18H2,1-2H3. The minimum atomic E-state index is 0.804. The number of hydrogen-bond acceptors (Lipinski definition) is 2. The summed E-state index contributed by atoms with van der Waals surface area (Å²) in [4.78, 5) is 0. The smallest absolute Gasteiger partial charge is 0.0415 e. The van der Waals surface area contributed by atoms with E-state index in [-0.39, 0.29) is 0 Å². The molecule has 2 aromatic rings. The van der Waals surface area contributed by atoms with Crippen molar-refractivity contribution in [1.82, 2.24) is 0 Å². The van der Waals surface area contributed by atoms with E-state index in [4.69, 9.17) is 5.73 Å². The summed E-state index contributed by atoms with van der Waals surface area (Å²) in [5, 5.41) is 3.43. The van der Waals surface area contributed by atoms with Crippen LogP contribution >= 0.6 is 0 Å². The van der Waals surface area contributed by atoms with Gasteiger partial charge in [-0.05, 0) is 61.2 Å². The van der Waals surface area contributed by atoms with E-state index in [0.29, 0.717) is 0 Å². The number of nitrogens with two attached hydrogens (primary N) is 1. The van der Waals surface area contributed by atoms with Gasteiger partial charge in [0, 0.05) is 17.1 Å². The van der Waals surface area contributed by atoms with Crippen LogP contribution in [-0.4, -0.2) is 0 Å². The van der Waals surface area contributed by atoms with Gasteiger partial charge in [-0.25, -0.2) is 0 Å². The molecule has 0 aromatic heterocycles. The second-order valence-corrected chi connectivity index (χ2v) is 5.00. The first kappa shape index (κ1) is 13.5. The van der Waals surface area contributed by atoms with Gasteiger partial charge in [-0.3, -0.25) is 0 Å². The zero-order valence-electron chi connectivity index (χ0n) is 11.7. The number of benzene rings is 2. The van der Waals surface area contributed by atoms with E-state index in [1.165, 1.54) is 18.4 Å².